The van der Waals surface area contributed by atoms with Gasteiger partial charge in [-0.1, -0.05) is 29.8 Å². The lowest BCUT2D eigenvalue weighted by molar-refractivity contribution is -0.123. The third-order valence-corrected chi connectivity index (χ3v) is 5.51. The molecule has 0 aliphatic heterocycles. The van der Waals surface area contributed by atoms with Gasteiger partial charge < -0.3 is 24.1 Å². The largest absolute Gasteiger partial charge is 0.497 e. The van der Waals surface area contributed by atoms with E-state index in [1.807, 2.05) is 55.5 Å². The van der Waals surface area contributed by atoms with Crippen LogP contribution in [0.3, 0.4) is 0 Å². The number of nitrogens with zero attached hydrogens (tertiary/aromatic N) is 2. The molecule has 1 N–H and O–H groups in total. The highest BCUT2D eigenvalue weighted by molar-refractivity contribution is 6.30. The van der Waals surface area contributed by atoms with Crippen molar-refractivity contribution in [3.63, 3.8) is 0 Å². The number of fused-ring (bicyclic) bond motifs is 1. The highest BCUT2D eigenvalue weighted by Crippen LogP contribution is 2.22. The minimum absolute atomic E-state index is 0.106. The number of hydrogen-bond acceptors (Lipinski definition) is 5. The molecule has 0 spiro atoms. The Labute approximate surface area is 203 Å². The van der Waals surface area contributed by atoms with Gasteiger partial charge >= 0.3 is 0 Å². The van der Waals surface area contributed by atoms with Crippen molar-refractivity contribution in [3.8, 4) is 17.2 Å². The molecular weight excluding hydrogens is 454 g/mol. The molecule has 176 valence electrons. The summed E-state index contributed by atoms with van der Waals surface area (Å²) >= 11 is 5.89. The maximum absolute atomic E-state index is 12.5. The first-order chi connectivity index (χ1) is 16.5. The summed E-state index contributed by atoms with van der Waals surface area (Å²) in [5.41, 5.74) is 1.84. The molecule has 0 saturated heterocycles. The monoisotopic (exact) mass is 479 g/mol. The lowest BCUT2D eigenvalue weighted by Crippen LogP contribution is -2.33. The second-order valence-electron chi connectivity index (χ2n) is 7.67. The topological polar surface area (TPSA) is 74.6 Å². The normalized spacial score (nSPS) is 11.7. The molecule has 0 aliphatic carbocycles. The van der Waals surface area contributed by atoms with E-state index in [0.717, 1.165) is 28.4 Å². The molecule has 7 nitrogen and oxygen atoms in total. The van der Waals surface area contributed by atoms with Gasteiger partial charge in [0.05, 0.1) is 30.7 Å². The second kappa shape index (κ2) is 10.9. The van der Waals surface area contributed by atoms with Crippen LogP contribution in [0.2, 0.25) is 5.02 Å². The minimum Gasteiger partial charge on any atom is -0.497 e. The van der Waals surface area contributed by atoms with E-state index in [9.17, 15) is 4.79 Å². The van der Waals surface area contributed by atoms with Crippen LogP contribution in [0.4, 0.5) is 0 Å². The zero-order valence-electron chi connectivity index (χ0n) is 19.0. The molecule has 0 bridgehead atoms. The Kier molecular flexibility index (Phi) is 7.54. The van der Waals surface area contributed by atoms with Crippen molar-refractivity contribution in [3.05, 3.63) is 83.6 Å². The summed E-state index contributed by atoms with van der Waals surface area (Å²) in [6.45, 7) is 2.79. The summed E-state index contributed by atoms with van der Waals surface area (Å²) < 4.78 is 18.8. The van der Waals surface area contributed by atoms with E-state index in [0.29, 0.717) is 23.9 Å². The van der Waals surface area contributed by atoms with E-state index in [2.05, 4.69) is 9.88 Å². The summed E-state index contributed by atoms with van der Waals surface area (Å²) in [5, 5.41) is 3.58. The smallest absolute Gasteiger partial charge is 0.258 e. The van der Waals surface area contributed by atoms with Crippen LogP contribution in [0.5, 0.6) is 17.2 Å². The molecule has 4 rings (SSSR count). The van der Waals surface area contributed by atoms with Crippen molar-refractivity contribution >= 4 is 28.5 Å². The molecule has 0 fully saturated rings. The van der Waals surface area contributed by atoms with Gasteiger partial charge in [0.25, 0.3) is 5.91 Å². The molecule has 0 saturated carbocycles. The summed E-state index contributed by atoms with van der Waals surface area (Å²) in [5.74, 6) is 2.55. The lowest BCUT2D eigenvalue weighted by atomic mass is 10.3. The maximum atomic E-state index is 12.5. The van der Waals surface area contributed by atoms with Gasteiger partial charge in [0.2, 0.25) is 0 Å². The minimum atomic E-state index is -0.328. The number of hydrogen-bond donors (Lipinski definition) is 1. The standard InChI is InChI=1S/C26H26ClN3O4/c1-18(28-25(31)17-34-20-12-10-19(27)11-13-20)26-29-23-8-3-4-9-24(23)30(26)14-15-33-22-7-5-6-21(16-22)32-2/h3-13,16,18H,14-15,17H2,1-2H3,(H,28,31). The van der Waals surface area contributed by atoms with E-state index in [1.54, 1.807) is 31.4 Å². The summed E-state index contributed by atoms with van der Waals surface area (Å²) in [6, 6.07) is 21.9. The van der Waals surface area contributed by atoms with Crippen molar-refractivity contribution in [1.82, 2.24) is 14.9 Å². The summed E-state index contributed by atoms with van der Waals surface area (Å²) in [7, 11) is 1.62. The number of nitrogens with one attached hydrogen (secondary N) is 1. The highest BCUT2D eigenvalue weighted by Gasteiger charge is 2.19. The van der Waals surface area contributed by atoms with Crippen LogP contribution < -0.4 is 19.5 Å². The van der Waals surface area contributed by atoms with Crippen LogP contribution in [-0.2, 0) is 11.3 Å². The predicted molar refractivity (Wildman–Crippen MR) is 132 cm³/mol. The molecule has 1 atom stereocenters. The number of methoxy groups -OCH3 is 1. The Hall–Kier alpha value is -3.71. The molecule has 1 unspecified atom stereocenters. The Balaban J connectivity index is 1.42. The van der Waals surface area contributed by atoms with Gasteiger partial charge in [-0.15, -0.1) is 0 Å². The van der Waals surface area contributed by atoms with Crippen molar-refractivity contribution in [2.75, 3.05) is 20.3 Å². The van der Waals surface area contributed by atoms with Crippen LogP contribution >= 0.6 is 11.6 Å². The zero-order valence-corrected chi connectivity index (χ0v) is 19.8. The molecule has 1 heterocycles. The van der Waals surface area contributed by atoms with E-state index < -0.39 is 0 Å². The van der Waals surface area contributed by atoms with Gasteiger partial charge in [-0.05, 0) is 55.5 Å². The first-order valence-electron chi connectivity index (χ1n) is 10.9. The molecule has 4 aromatic rings. The SMILES string of the molecule is COc1cccc(OCCn2c(C(C)NC(=O)COc3ccc(Cl)cc3)nc3ccccc32)c1. The fourth-order valence-electron chi connectivity index (χ4n) is 3.63. The number of imidazole rings is 1. The van der Waals surface area contributed by atoms with Crippen molar-refractivity contribution in [2.24, 2.45) is 0 Å². The molecule has 0 aliphatic rings. The summed E-state index contributed by atoms with van der Waals surface area (Å²) in [4.78, 5) is 17.3. The number of para-hydroxylation sites is 2. The van der Waals surface area contributed by atoms with Crippen molar-refractivity contribution in [1.29, 1.82) is 0 Å². The number of benzene rings is 3. The number of carbonyl (C=O) groups is 1. The molecule has 3 aromatic carbocycles. The third kappa shape index (κ3) is 5.80. The number of ether oxygens (including phenoxy) is 3. The number of amides is 1. The van der Waals surface area contributed by atoms with E-state index in [1.165, 1.54) is 0 Å². The molecule has 0 radical (unpaired) electrons. The Bertz CT molecular complexity index is 1260. The van der Waals surface area contributed by atoms with Crippen molar-refractivity contribution < 1.29 is 19.0 Å². The number of carbonyl (C=O) groups excluding carboxylic acids is 1. The highest BCUT2D eigenvalue weighted by atomic mass is 35.5. The maximum Gasteiger partial charge on any atom is 0.258 e. The van der Waals surface area contributed by atoms with E-state index in [-0.39, 0.29) is 18.6 Å². The average molecular weight is 480 g/mol. The van der Waals surface area contributed by atoms with Crippen LogP contribution in [0, 0.1) is 0 Å². The van der Waals surface area contributed by atoms with Crippen LogP contribution in [0.25, 0.3) is 11.0 Å². The van der Waals surface area contributed by atoms with Gasteiger partial charge in [-0.2, -0.15) is 0 Å². The molecule has 1 amide bonds. The molecule has 8 heteroatoms. The van der Waals surface area contributed by atoms with Gasteiger partial charge in [-0.25, -0.2) is 4.98 Å². The average Bonchev–Trinajstić information content (AvgIpc) is 3.23. The quantitative estimate of drug-likeness (QED) is 0.345. The molecular formula is C26H26ClN3O4. The van der Waals surface area contributed by atoms with Gasteiger partial charge in [0.15, 0.2) is 6.61 Å². The number of rotatable bonds is 10. The number of aromatic nitrogens is 2. The Morgan fingerprint density at radius 3 is 2.56 bits per heavy atom. The van der Waals surface area contributed by atoms with Gasteiger partial charge in [0, 0.05) is 11.1 Å². The summed E-state index contributed by atoms with van der Waals surface area (Å²) in [6.07, 6.45) is 0. The zero-order chi connectivity index (χ0) is 23.9. The van der Waals surface area contributed by atoms with Gasteiger partial charge in [0.1, 0.15) is 29.7 Å². The fraction of sp³-hybridized carbons (Fsp3) is 0.231. The van der Waals surface area contributed by atoms with Crippen LogP contribution in [0.15, 0.2) is 72.8 Å². The Morgan fingerprint density at radius 2 is 1.76 bits per heavy atom. The molecule has 1 aromatic heterocycles. The van der Waals surface area contributed by atoms with Crippen molar-refractivity contribution in [2.45, 2.75) is 19.5 Å². The van der Waals surface area contributed by atoms with Gasteiger partial charge in [-0.3, -0.25) is 4.79 Å². The van der Waals surface area contributed by atoms with E-state index >= 15 is 0 Å². The lowest BCUT2D eigenvalue weighted by Gasteiger charge is -2.17. The first-order valence-corrected chi connectivity index (χ1v) is 11.3. The fourth-order valence-corrected chi connectivity index (χ4v) is 3.76. The second-order valence-corrected chi connectivity index (χ2v) is 8.11. The Morgan fingerprint density at radius 1 is 1.00 bits per heavy atom. The third-order valence-electron chi connectivity index (χ3n) is 5.26. The van der Waals surface area contributed by atoms with Crippen LogP contribution in [-0.4, -0.2) is 35.8 Å². The van der Waals surface area contributed by atoms with E-state index in [4.69, 9.17) is 30.8 Å². The first kappa shape index (κ1) is 23.4. The molecule has 34 heavy (non-hydrogen) atoms. The predicted octanol–water partition coefficient (Wildman–Crippen LogP) is 5.03. The number of halogens is 1. The van der Waals surface area contributed by atoms with Crippen LogP contribution in [0.1, 0.15) is 18.8 Å².